The highest BCUT2D eigenvalue weighted by Gasteiger charge is 2.42. The van der Waals surface area contributed by atoms with Crippen molar-refractivity contribution < 1.29 is 33.9 Å². The zero-order chi connectivity index (χ0) is 26.2. The molecule has 198 valence electrons. The van der Waals surface area contributed by atoms with Gasteiger partial charge in [0.25, 0.3) is 0 Å². The van der Waals surface area contributed by atoms with Gasteiger partial charge in [-0.3, -0.25) is 15.5 Å². The van der Waals surface area contributed by atoms with Gasteiger partial charge in [-0.15, -0.1) is 0 Å². The summed E-state index contributed by atoms with van der Waals surface area (Å²) >= 11 is 0. The standard InChI is InChI=1S/C26H35F2N3O5/c1-14(2)36-18-5-7-20(15(3)10-18)26(27,28)25(35)29-12-16-4-6-19-17(11-16)13-31(24(19)34)21-8-9-22(32)30-23(21)33/h4-7,10-11,14,21-25,29-30,32-35H,8-9,12-13H2,1-3H3/t21?,22-,23+,24-,25-/m0/s1. The number of aryl methyl sites for hydroxylation is 1. The van der Waals surface area contributed by atoms with E-state index in [4.69, 9.17) is 4.74 Å². The molecule has 2 heterocycles. The predicted octanol–water partition coefficient (Wildman–Crippen LogP) is 2.18. The summed E-state index contributed by atoms with van der Waals surface area (Å²) in [6, 6.07) is 9.16. The second kappa shape index (κ2) is 10.7. The molecule has 8 nitrogen and oxygen atoms in total. The van der Waals surface area contributed by atoms with Crippen LogP contribution < -0.4 is 15.4 Å². The maximum Gasteiger partial charge on any atom is 0.311 e. The third-order valence-corrected chi connectivity index (χ3v) is 6.81. The minimum absolute atomic E-state index is 0.00642. The summed E-state index contributed by atoms with van der Waals surface area (Å²) in [5.74, 6) is -3.04. The van der Waals surface area contributed by atoms with Crippen molar-refractivity contribution in [1.82, 2.24) is 15.5 Å². The maximum absolute atomic E-state index is 15.1. The number of piperidine rings is 1. The Bertz CT molecular complexity index is 1070. The smallest absolute Gasteiger partial charge is 0.311 e. The van der Waals surface area contributed by atoms with Gasteiger partial charge in [0.2, 0.25) is 0 Å². The largest absolute Gasteiger partial charge is 0.491 e. The van der Waals surface area contributed by atoms with E-state index in [0.29, 0.717) is 41.8 Å². The van der Waals surface area contributed by atoms with E-state index in [0.717, 1.165) is 5.56 Å². The molecular weight excluding hydrogens is 472 g/mol. The monoisotopic (exact) mass is 507 g/mol. The van der Waals surface area contributed by atoms with Gasteiger partial charge >= 0.3 is 5.92 Å². The molecule has 2 aromatic rings. The Morgan fingerprint density at radius 1 is 1.14 bits per heavy atom. The van der Waals surface area contributed by atoms with Crippen molar-refractivity contribution in [2.24, 2.45) is 0 Å². The first-order valence-corrected chi connectivity index (χ1v) is 12.2. The molecular formula is C26H35F2N3O5. The van der Waals surface area contributed by atoms with Gasteiger partial charge in [-0.25, -0.2) is 0 Å². The average molecular weight is 508 g/mol. The number of nitrogens with one attached hydrogen (secondary N) is 2. The van der Waals surface area contributed by atoms with E-state index < -0.39 is 30.8 Å². The number of hydrogen-bond donors (Lipinski definition) is 6. The van der Waals surface area contributed by atoms with E-state index in [-0.39, 0.29) is 24.3 Å². The van der Waals surface area contributed by atoms with Crippen molar-refractivity contribution in [3.63, 3.8) is 0 Å². The molecule has 0 aromatic heterocycles. The van der Waals surface area contributed by atoms with Crippen LogP contribution >= 0.6 is 0 Å². The molecule has 36 heavy (non-hydrogen) atoms. The van der Waals surface area contributed by atoms with E-state index in [9.17, 15) is 20.4 Å². The number of nitrogens with zero attached hydrogens (tertiary/aromatic N) is 1. The van der Waals surface area contributed by atoms with Crippen LogP contribution in [0.5, 0.6) is 5.75 Å². The molecule has 0 aliphatic carbocycles. The van der Waals surface area contributed by atoms with Gasteiger partial charge in [0.15, 0.2) is 6.23 Å². The van der Waals surface area contributed by atoms with Gasteiger partial charge in [-0.2, -0.15) is 8.78 Å². The lowest BCUT2D eigenvalue weighted by atomic mass is 10.0. The summed E-state index contributed by atoms with van der Waals surface area (Å²) < 4.78 is 35.7. The molecule has 2 aliphatic rings. The van der Waals surface area contributed by atoms with E-state index in [1.54, 1.807) is 30.0 Å². The first-order chi connectivity index (χ1) is 17.0. The molecule has 10 heteroatoms. The SMILES string of the molecule is Cc1cc(OC(C)C)ccc1C(F)(F)[C@H](O)NCc1ccc2c(c1)CN(C1CC[C@H](O)N[C@@H]1O)[C@H]2O. The lowest BCUT2D eigenvalue weighted by molar-refractivity contribution is -0.130. The first kappa shape index (κ1) is 26.9. The number of alkyl halides is 2. The fraction of sp³-hybridized carbons (Fsp3) is 0.538. The fourth-order valence-corrected chi connectivity index (χ4v) is 4.99. The van der Waals surface area contributed by atoms with Crippen LogP contribution in [-0.2, 0) is 19.0 Å². The van der Waals surface area contributed by atoms with Crippen LogP contribution in [0, 0.1) is 6.92 Å². The molecule has 0 radical (unpaired) electrons. The maximum atomic E-state index is 15.1. The fourth-order valence-electron chi connectivity index (χ4n) is 4.99. The van der Waals surface area contributed by atoms with E-state index in [2.05, 4.69) is 10.6 Å². The Morgan fingerprint density at radius 2 is 1.89 bits per heavy atom. The quantitative estimate of drug-likeness (QED) is 0.301. The molecule has 1 saturated heterocycles. The topological polar surface area (TPSA) is 117 Å². The predicted molar refractivity (Wildman–Crippen MR) is 129 cm³/mol. The Balaban J connectivity index is 1.40. The van der Waals surface area contributed by atoms with E-state index >= 15 is 8.78 Å². The summed E-state index contributed by atoms with van der Waals surface area (Å²) in [5.41, 5.74) is 2.21. The van der Waals surface area contributed by atoms with E-state index in [1.807, 2.05) is 13.8 Å². The number of benzene rings is 2. The second-order valence-corrected chi connectivity index (χ2v) is 9.90. The molecule has 0 saturated carbocycles. The van der Waals surface area contributed by atoms with Crippen LogP contribution in [0.15, 0.2) is 36.4 Å². The normalized spacial score (nSPS) is 25.7. The highest BCUT2D eigenvalue weighted by atomic mass is 19.3. The Kier molecular flexibility index (Phi) is 7.96. The molecule has 0 bridgehead atoms. The molecule has 6 N–H and O–H groups in total. The van der Waals surface area contributed by atoms with Crippen LogP contribution in [0.3, 0.4) is 0 Å². The van der Waals surface area contributed by atoms with E-state index in [1.165, 1.54) is 18.2 Å². The molecule has 2 aliphatic heterocycles. The minimum atomic E-state index is -3.53. The van der Waals surface area contributed by atoms with Crippen molar-refractivity contribution in [1.29, 1.82) is 0 Å². The number of fused-ring (bicyclic) bond motifs is 1. The number of hydrogen-bond acceptors (Lipinski definition) is 8. The number of halogens is 2. The van der Waals surface area contributed by atoms with Crippen molar-refractivity contribution in [2.45, 2.75) is 89.7 Å². The molecule has 0 amide bonds. The van der Waals surface area contributed by atoms with Crippen molar-refractivity contribution >= 4 is 0 Å². The van der Waals surface area contributed by atoms with Crippen molar-refractivity contribution in [3.8, 4) is 5.75 Å². The number of aliphatic hydroxyl groups is 4. The highest BCUT2D eigenvalue weighted by Crippen LogP contribution is 2.37. The highest BCUT2D eigenvalue weighted by molar-refractivity contribution is 5.39. The Labute approximate surface area is 209 Å². The van der Waals surface area contributed by atoms with Gasteiger partial charge in [0.1, 0.15) is 24.4 Å². The summed E-state index contributed by atoms with van der Waals surface area (Å²) in [6.07, 6.45) is -3.91. The second-order valence-electron chi connectivity index (χ2n) is 9.90. The summed E-state index contributed by atoms with van der Waals surface area (Å²) in [5, 5.41) is 46.3. The number of ether oxygens (including phenoxy) is 1. The van der Waals surface area contributed by atoms with Crippen LogP contribution in [0.2, 0.25) is 0 Å². The van der Waals surface area contributed by atoms with Crippen LogP contribution in [0.25, 0.3) is 0 Å². The van der Waals surface area contributed by atoms with Crippen molar-refractivity contribution in [2.75, 3.05) is 0 Å². The lowest BCUT2D eigenvalue weighted by Gasteiger charge is -2.39. The van der Waals surface area contributed by atoms with Gasteiger partial charge in [0, 0.05) is 18.7 Å². The zero-order valence-corrected chi connectivity index (χ0v) is 20.7. The number of rotatable bonds is 8. The molecule has 0 spiro atoms. The van der Waals surface area contributed by atoms with Gasteiger partial charge < -0.3 is 25.2 Å². The van der Waals surface area contributed by atoms with Crippen molar-refractivity contribution in [3.05, 3.63) is 64.2 Å². The van der Waals surface area contributed by atoms with Crippen LogP contribution in [-0.4, -0.2) is 56.2 Å². The van der Waals surface area contributed by atoms with Crippen LogP contribution in [0.1, 0.15) is 60.7 Å². The molecule has 2 aromatic carbocycles. The Morgan fingerprint density at radius 3 is 2.56 bits per heavy atom. The first-order valence-electron chi connectivity index (χ1n) is 12.2. The summed E-state index contributed by atoms with van der Waals surface area (Å²) in [7, 11) is 0. The minimum Gasteiger partial charge on any atom is -0.491 e. The molecule has 5 atom stereocenters. The molecule has 1 unspecified atom stereocenters. The third-order valence-electron chi connectivity index (χ3n) is 6.81. The Hall–Kier alpha value is -2.18. The average Bonchev–Trinajstić information content (AvgIpc) is 3.12. The van der Waals surface area contributed by atoms with Crippen LogP contribution in [0.4, 0.5) is 8.78 Å². The number of aliphatic hydroxyl groups excluding tert-OH is 4. The lowest BCUT2D eigenvalue weighted by Crippen LogP contribution is -2.56. The zero-order valence-electron chi connectivity index (χ0n) is 20.7. The molecule has 1 fully saturated rings. The van der Waals surface area contributed by atoms with Gasteiger partial charge in [-0.1, -0.05) is 18.2 Å². The third kappa shape index (κ3) is 5.55. The summed E-state index contributed by atoms with van der Waals surface area (Å²) in [6.45, 7) is 5.62. The van der Waals surface area contributed by atoms with Gasteiger partial charge in [0.05, 0.1) is 12.1 Å². The van der Waals surface area contributed by atoms with Gasteiger partial charge in [-0.05, 0) is 74.1 Å². The summed E-state index contributed by atoms with van der Waals surface area (Å²) in [4.78, 5) is 1.75. The molecule has 4 rings (SSSR count).